The number of benzene rings is 2. The van der Waals surface area contributed by atoms with E-state index >= 15 is 0 Å². The van der Waals surface area contributed by atoms with Crippen LogP contribution in [0, 0.1) is 5.82 Å². The molecule has 2 nitrogen and oxygen atoms in total. The number of carbonyl (C=O) groups is 1. The average molecular weight is 341 g/mol. The lowest BCUT2D eigenvalue weighted by Crippen LogP contribution is -2.10. The van der Waals surface area contributed by atoms with Crippen molar-refractivity contribution in [3.05, 3.63) is 65.0 Å². The normalized spacial score (nSPS) is 18.8. The Bertz CT molecular complexity index is 784. The van der Waals surface area contributed by atoms with Crippen molar-refractivity contribution in [1.29, 1.82) is 0 Å². The van der Waals surface area contributed by atoms with Crippen LogP contribution < -0.4 is 0 Å². The number of aliphatic imine (C=N–C) groups is 1. The highest BCUT2D eigenvalue weighted by molar-refractivity contribution is 8.39. The first-order valence-electron chi connectivity index (χ1n) is 6.66. The Hall–Kier alpha value is -2.15. The second kappa shape index (κ2) is 5.81. The predicted molar refractivity (Wildman–Crippen MR) is 83.0 cm³/mol. The molecule has 1 heterocycles. The standard InChI is InChI=1S/C16H11F4NOS/c17-12-2-1-3-13-14(12)15(22)23(9-21-13)8-10-4-6-11(7-5-10)16(18,19)20/h1-7,9,23H,8H2. The number of halogens is 4. The van der Waals surface area contributed by atoms with Crippen molar-refractivity contribution >= 4 is 27.2 Å². The Morgan fingerprint density at radius 1 is 1.04 bits per heavy atom. The third kappa shape index (κ3) is 3.14. The molecule has 0 saturated heterocycles. The van der Waals surface area contributed by atoms with E-state index < -0.39 is 28.5 Å². The molecule has 1 aliphatic heterocycles. The fraction of sp³-hybridized carbons (Fsp3) is 0.125. The maximum Gasteiger partial charge on any atom is 0.416 e. The van der Waals surface area contributed by atoms with Gasteiger partial charge < -0.3 is 0 Å². The number of rotatable bonds is 2. The molecule has 0 aromatic heterocycles. The van der Waals surface area contributed by atoms with Gasteiger partial charge in [0.25, 0.3) is 0 Å². The van der Waals surface area contributed by atoms with Crippen molar-refractivity contribution in [1.82, 2.24) is 0 Å². The van der Waals surface area contributed by atoms with Crippen molar-refractivity contribution in [3.8, 4) is 0 Å². The van der Waals surface area contributed by atoms with Crippen LogP contribution in [0.3, 0.4) is 0 Å². The molecule has 7 heteroatoms. The smallest absolute Gasteiger partial charge is 0.283 e. The van der Waals surface area contributed by atoms with Crippen LogP contribution in [0.1, 0.15) is 21.5 Å². The van der Waals surface area contributed by atoms with Crippen LogP contribution in [0.25, 0.3) is 0 Å². The van der Waals surface area contributed by atoms with Gasteiger partial charge in [-0.3, -0.25) is 9.79 Å². The molecular weight excluding hydrogens is 330 g/mol. The number of nitrogens with zero attached hydrogens (tertiary/aromatic N) is 1. The van der Waals surface area contributed by atoms with E-state index in [1.165, 1.54) is 29.8 Å². The molecule has 0 bridgehead atoms. The second-order valence-corrected chi connectivity index (χ2v) is 6.90. The zero-order valence-electron chi connectivity index (χ0n) is 11.6. The number of carbonyl (C=O) groups excluding carboxylic acids is 1. The summed E-state index contributed by atoms with van der Waals surface area (Å²) in [6.07, 6.45) is -4.39. The Kier molecular flexibility index (Phi) is 3.97. The lowest BCUT2D eigenvalue weighted by atomic mass is 10.1. The largest absolute Gasteiger partial charge is 0.416 e. The van der Waals surface area contributed by atoms with Crippen molar-refractivity contribution in [2.45, 2.75) is 11.9 Å². The van der Waals surface area contributed by atoms with Gasteiger partial charge in [-0.25, -0.2) is 4.39 Å². The molecule has 23 heavy (non-hydrogen) atoms. The van der Waals surface area contributed by atoms with Crippen LogP contribution >= 0.6 is 10.9 Å². The average Bonchev–Trinajstić information content (AvgIpc) is 2.50. The fourth-order valence-corrected chi connectivity index (χ4v) is 3.98. The number of hydrogen-bond acceptors (Lipinski definition) is 2. The van der Waals surface area contributed by atoms with Crippen LogP contribution in [0.5, 0.6) is 0 Å². The minimum Gasteiger partial charge on any atom is -0.283 e. The minimum absolute atomic E-state index is 0.0342. The van der Waals surface area contributed by atoms with E-state index in [0.717, 1.165) is 12.1 Å². The highest BCUT2D eigenvalue weighted by Gasteiger charge is 2.30. The Labute approximate surface area is 132 Å². The van der Waals surface area contributed by atoms with Crippen molar-refractivity contribution in [2.75, 3.05) is 0 Å². The number of fused-ring (bicyclic) bond motifs is 1. The first-order valence-corrected chi connectivity index (χ1v) is 8.25. The summed E-state index contributed by atoms with van der Waals surface area (Å²) in [7, 11) is -1.40. The number of alkyl halides is 3. The lowest BCUT2D eigenvalue weighted by molar-refractivity contribution is -0.137. The van der Waals surface area contributed by atoms with E-state index in [-0.39, 0.29) is 16.4 Å². The molecule has 1 atom stereocenters. The van der Waals surface area contributed by atoms with Gasteiger partial charge in [0, 0.05) is 11.3 Å². The molecule has 2 aromatic rings. The summed E-state index contributed by atoms with van der Waals surface area (Å²) in [5, 5.41) is -0.344. The molecule has 120 valence electrons. The molecule has 0 radical (unpaired) electrons. The summed E-state index contributed by atoms with van der Waals surface area (Å²) in [4.78, 5) is 16.5. The van der Waals surface area contributed by atoms with E-state index in [0.29, 0.717) is 11.3 Å². The molecule has 0 fully saturated rings. The molecule has 0 amide bonds. The maximum atomic E-state index is 13.8. The summed E-state index contributed by atoms with van der Waals surface area (Å²) < 4.78 is 51.4. The van der Waals surface area contributed by atoms with Crippen molar-refractivity contribution in [3.63, 3.8) is 0 Å². The van der Waals surface area contributed by atoms with Crippen molar-refractivity contribution < 1.29 is 22.4 Å². The summed E-state index contributed by atoms with van der Waals surface area (Å²) in [5.74, 6) is -0.381. The molecule has 0 saturated carbocycles. The van der Waals surface area contributed by atoms with Gasteiger partial charge in [-0.15, -0.1) is 10.9 Å². The van der Waals surface area contributed by atoms with E-state index in [4.69, 9.17) is 0 Å². The Morgan fingerprint density at radius 2 is 1.74 bits per heavy atom. The lowest BCUT2D eigenvalue weighted by Gasteiger charge is -2.21. The second-order valence-electron chi connectivity index (χ2n) is 5.01. The van der Waals surface area contributed by atoms with Gasteiger partial charge in [0.1, 0.15) is 5.82 Å². The SMILES string of the molecule is O=C1c2c(F)cccc2N=C[SH]1Cc1ccc(C(F)(F)F)cc1. The number of hydrogen-bond donors (Lipinski definition) is 1. The van der Waals surface area contributed by atoms with Gasteiger partial charge in [0.2, 0.25) is 5.12 Å². The third-order valence-corrected chi connectivity index (χ3v) is 5.28. The number of thiol groups is 1. The molecule has 3 rings (SSSR count). The first kappa shape index (κ1) is 15.7. The summed E-state index contributed by atoms with van der Waals surface area (Å²) in [6, 6.07) is 8.85. The van der Waals surface area contributed by atoms with Gasteiger partial charge in [-0.1, -0.05) is 18.2 Å². The highest BCUT2D eigenvalue weighted by Crippen LogP contribution is 2.41. The van der Waals surface area contributed by atoms with Crippen LogP contribution in [0.2, 0.25) is 0 Å². The topological polar surface area (TPSA) is 29.4 Å². The Morgan fingerprint density at radius 3 is 2.39 bits per heavy atom. The van der Waals surface area contributed by atoms with Crippen LogP contribution in [0.15, 0.2) is 47.5 Å². The van der Waals surface area contributed by atoms with Gasteiger partial charge in [0.15, 0.2) is 0 Å². The van der Waals surface area contributed by atoms with Crippen LogP contribution in [-0.2, 0) is 11.9 Å². The summed E-state index contributed by atoms with van der Waals surface area (Å²) in [6.45, 7) is 0. The molecule has 1 unspecified atom stereocenters. The molecule has 0 spiro atoms. The van der Waals surface area contributed by atoms with Crippen LogP contribution in [-0.4, -0.2) is 10.7 Å². The molecular formula is C16H11F4NOS. The summed E-state index contributed by atoms with van der Waals surface area (Å²) >= 11 is 0. The molecule has 2 aromatic carbocycles. The maximum absolute atomic E-state index is 13.8. The Balaban J connectivity index is 1.82. The molecule has 0 aliphatic carbocycles. The predicted octanol–water partition coefficient (Wildman–Crippen LogP) is 4.86. The van der Waals surface area contributed by atoms with Gasteiger partial charge in [-0.05, 0) is 29.8 Å². The highest BCUT2D eigenvalue weighted by atomic mass is 32.2. The van der Waals surface area contributed by atoms with E-state index in [9.17, 15) is 22.4 Å². The minimum atomic E-state index is -4.39. The fourth-order valence-electron chi connectivity index (χ4n) is 2.27. The first-order chi connectivity index (χ1) is 10.9. The van der Waals surface area contributed by atoms with Gasteiger partial charge >= 0.3 is 6.18 Å². The van der Waals surface area contributed by atoms with E-state index in [2.05, 4.69) is 4.99 Å². The zero-order chi connectivity index (χ0) is 16.6. The molecule has 0 N–H and O–H groups in total. The van der Waals surface area contributed by atoms with Crippen LogP contribution in [0.4, 0.5) is 23.2 Å². The summed E-state index contributed by atoms with van der Waals surface area (Å²) in [5.41, 5.74) is 1.59. The monoisotopic (exact) mass is 341 g/mol. The van der Waals surface area contributed by atoms with Gasteiger partial charge in [-0.2, -0.15) is 13.2 Å². The molecule has 1 aliphatic rings. The van der Waals surface area contributed by atoms with E-state index in [1.807, 2.05) is 0 Å². The van der Waals surface area contributed by atoms with Gasteiger partial charge in [0.05, 0.1) is 16.8 Å². The third-order valence-electron chi connectivity index (χ3n) is 3.44. The van der Waals surface area contributed by atoms with Crippen molar-refractivity contribution in [2.24, 2.45) is 4.99 Å². The zero-order valence-corrected chi connectivity index (χ0v) is 12.5. The quantitative estimate of drug-likeness (QED) is 0.613. The van der Waals surface area contributed by atoms with E-state index in [1.54, 1.807) is 6.07 Å².